The third-order valence-electron chi connectivity index (χ3n) is 8.18. The van der Waals surface area contributed by atoms with Gasteiger partial charge in [0.05, 0.1) is 6.04 Å². The number of carbonyl (C=O) groups excluding carboxylic acids is 3. The fourth-order valence-corrected chi connectivity index (χ4v) is 6.51. The molecule has 3 amide bonds. The van der Waals surface area contributed by atoms with Crippen LogP contribution in [0.1, 0.15) is 21.6 Å². The number of nitrogens with two attached hydrogens (primary N) is 1. The first-order valence-electron chi connectivity index (χ1n) is 15.9. The van der Waals surface area contributed by atoms with Crippen molar-refractivity contribution in [1.29, 1.82) is 0 Å². The van der Waals surface area contributed by atoms with Gasteiger partial charge in [0.15, 0.2) is 0 Å². The lowest BCUT2D eigenvalue weighted by Gasteiger charge is -2.26. The minimum absolute atomic E-state index is 0.00768. The predicted octanol–water partition coefficient (Wildman–Crippen LogP) is 5.35. The van der Waals surface area contributed by atoms with Crippen molar-refractivity contribution in [1.82, 2.24) is 16.0 Å². The fraction of sp³-hybridized carbons (Fsp3) is 0.211. The average molecular weight is 732 g/mol. The number of thiophene rings is 1. The molecule has 12 heteroatoms. The fourth-order valence-electron chi connectivity index (χ4n) is 5.49. The Morgan fingerprint density at radius 1 is 0.600 bits per heavy atom. The van der Waals surface area contributed by atoms with Gasteiger partial charge in [-0.15, -0.1) is 11.3 Å². The second kappa shape index (κ2) is 17.3. The number of benzene rings is 4. The van der Waals surface area contributed by atoms with Crippen molar-refractivity contribution in [2.45, 2.75) is 49.9 Å². The number of carbonyl (C=O) groups is 4. The average Bonchev–Trinajstić information content (AvgIpc) is 3.62. The lowest BCUT2D eigenvalue weighted by atomic mass is 9.99. The van der Waals surface area contributed by atoms with E-state index in [4.69, 9.17) is 28.9 Å². The minimum atomic E-state index is -1.29. The molecule has 4 atom stereocenters. The summed E-state index contributed by atoms with van der Waals surface area (Å²) in [7, 11) is 0. The molecule has 9 nitrogen and oxygen atoms in total. The van der Waals surface area contributed by atoms with Crippen LogP contribution in [0.3, 0.4) is 0 Å². The summed E-state index contributed by atoms with van der Waals surface area (Å²) in [6.45, 7) is 0. The van der Waals surface area contributed by atoms with Gasteiger partial charge in [-0.3, -0.25) is 14.4 Å². The highest BCUT2D eigenvalue weighted by Crippen LogP contribution is 2.18. The van der Waals surface area contributed by atoms with Crippen molar-refractivity contribution in [3.05, 3.63) is 140 Å². The molecule has 0 bridgehead atoms. The third-order valence-corrected chi connectivity index (χ3v) is 9.58. The molecule has 0 aliphatic heterocycles. The van der Waals surface area contributed by atoms with E-state index in [0.29, 0.717) is 21.2 Å². The van der Waals surface area contributed by atoms with Gasteiger partial charge in [0.25, 0.3) is 0 Å². The Morgan fingerprint density at radius 3 is 1.66 bits per heavy atom. The zero-order valence-electron chi connectivity index (χ0n) is 26.9. The number of amides is 3. The Balaban J connectivity index is 1.40. The molecule has 0 aliphatic carbocycles. The summed E-state index contributed by atoms with van der Waals surface area (Å²) < 4.78 is 0. The summed E-state index contributed by atoms with van der Waals surface area (Å²) in [5.74, 6) is -3.10. The summed E-state index contributed by atoms with van der Waals surface area (Å²) in [4.78, 5) is 54.5. The second-order valence-electron chi connectivity index (χ2n) is 12.0. The largest absolute Gasteiger partial charge is 0.480 e. The maximum Gasteiger partial charge on any atom is 0.326 e. The molecule has 4 aromatic carbocycles. The van der Waals surface area contributed by atoms with E-state index < -0.39 is 47.9 Å². The first kappa shape index (κ1) is 36.5. The Labute approximate surface area is 303 Å². The van der Waals surface area contributed by atoms with Gasteiger partial charge in [0.2, 0.25) is 17.7 Å². The van der Waals surface area contributed by atoms with Crippen molar-refractivity contribution in [3.63, 3.8) is 0 Å². The van der Waals surface area contributed by atoms with Gasteiger partial charge in [0.1, 0.15) is 18.1 Å². The molecule has 0 fully saturated rings. The summed E-state index contributed by atoms with van der Waals surface area (Å²) in [5, 5.41) is 23.1. The number of hydrogen-bond donors (Lipinski definition) is 5. The first-order valence-corrected chi connectivity index (χ1v) is 17.6. The molecule has 0 unspecified atom stereocenters. The zero-order chi connectivity index (χ0) is 35.6. The molecule has 0 aliphatic rings. The quantitative estimate of drug-likeness (QED) is 0.0981. The highest BCUT2D eigenvalue weighted by molar-refractivity contribution is 7.09. The molecular weight excluding hydrogens is 695 g/mol. The topological polar surface area (TPSA) is 151 Å². The van der Waals surface area contributed by atoms with E-state index in [-0.39, 0.29) is 25.7 Å². The van der Waals surface area contributed by atoms with Gasteiger partial charge in [0, 0.05) is 40.6 Å². The number of hydrogen-bond acceptors (Lipinski definition) is 6. The van der Waals surface area contributed by atoms with Gasteiger partial charge >= 0.3 is 5.97 Å². The van der Waals surface area contributed by atoms with Crippen molar-refractivity contribution in [3.8, 4) is 0 Å². The number of nitrogens with one attached hydrogen (secondary N) is 3. The van der Waals surface area contributed by atoms with E-state index >= 15 is 0 Å². The van der Waals surface area contributed by atoms with Crippen LogP contribution in [0.5, 0.6) is 0 Å². The SMILES string of the molecule is N[C@@H](Cc1cccs1)C(=O)N[C@H](Cc1ccc(Cl)cc1)C(=O)N[C@H](Cc1ccc2ccccc2c1)C(=O)N[C@H](Cc1ccc(Cl)cc1)C(=O)O. The van der Waals surface area contributed by atoms with E-state index in [2.05, 4.69) is 16.0 Å². The summed E-state index contributed by atoms with van der Waals surface area (Å²) in [6.07, 6.45) is 0.413. The highest BCUT2D eigenvalue weighted by Gasteiger charge is 2.31. The molecule has 6 N–H and O–H groups in total. The molecule has 1 aromatic heterocycles. The van der Waals surface area contributed by atoms with Crippen molar-refractivity contribution < 1.29 is 24.3 Å². The minimum Gasteiger partial charge on any atom is -0.480 e. The lowest BCUT2D eigenvalue weighted by molar-refractivity contribution is -0.142. The van der Waals surface area contributed by atoms with Crippen LogP contribution in [0.4, 0.5) is 0 Å². The van der Waals surface area contributed by atoms with Crippen molar-refractivity contribution >= 4 is 69.0 Å². The number of carboxylic acid groups (broad SMARTS) is 1. The summed E-state index contributed by atoms with van der Waals surface area (Å²) >= 11 is 13.6. The van der Waals surface area contributed by atoms with Gasteiger partial charge in [-0.1, -0.05) is 96.0 Å². The van der Waals surface area contributed by atoms with E-state index in [9.17, 15) is 24.3 Å². The molecule has 0 radical (unpaired) electrons. The smallest absolute Gasteiger partial charge is 0.326 e. The van der Waals surface area contributed by atoms with Gasteiger partial charge in [-0.25, -0.2) is 4.79 Å². The molecule has 0 saturated heterocycles. The Hall–Kier alpha value is -4.74. The normalized spacial score (nSPS) is 13.5. The van der Waals surface area contributed by atoms with Crippen LogP contribution in [0.25, 0.3) is 10.8 Å². The number of halogens is 2. The maximum atomic E-state index is 14.1. The molecule has 258 valence electrons. The molecule has 50 heavy (non-hydrogen) atoms. The van der Waals surface area contributed by atoms with Crippen LogP contribution < -0.4 is 21.7 Å². The van der Waals surface area contributed by atoms with Crippen molar-refractivity contribution in [2.75, 3.05) is 0 Å². The third kappa shape index (κ3) is 10.4. The molecule has 0 spiro atoms. The maximum absolute atomic E-state index is 14.1. The van der Waals surface area contributed by atoms with E-state index in [0.717, 1.165) is 21.2 Å². The predicted molar refractivity (Wildman–Crippen MR) is 197 cm³/mol. The van der Waals surface area contributed by atoms with Gasteiger partial charge in [-0.05, 0) is 63.2 Å². The van der Waals surface area contributed by atoms with Crippen LogP contribution in [0.15, 0.2) is 109 Å². The molecular formula is C38H36Cl2N4O5S. The van der Waals surface area contributed by atoms with E-state index in [1.807, 2.05) is 60.0 Å². The summed E-state index contributed by atoms with van der Waals surface area (Å²) in [6, 6.07) is 26.1. The Bertz CT molecular complexity index is 1940. The zero-order valence-corrected chi connectivity index (χ0v) is 29.2. The highest BCUT2D eigenvalue weighted by atomic mass is 35.5. The lowest BCUT2D eigenvalue weighted by Crippen LogP contribution is -2.58. The summed E-state index contributed by atoms with van der Waals surface area (Å²) in [5.41, 5.74) is 8.35. The molecule has 5 rings (SSSR count). The number of carboxylic acids is 1. The van der Waals surface area contributed by atoms with Crippen LogP contribution >= 0.6 is 34.5 Å². The monoisotopic (exact) mass is 730 g/mol. The van der Waals surface area contributed by atoms with Gasteiger partial charge < -0.3 is 26.8 Å². The van der Waals surface area contributed by atoms with Crippen LogP contribution in [-0.2, 0) is 44.9 Å². The van der Waals surface area contributed by atoms with Crippen LogP contribution in [-0.4, -0.2) is 53.0 Å². The number of rotatable bonds is 15. The number of aliphatic carboxylic acids is 1. The molecule has 0 saturated carbocycles. The second-order valence-corrected chi connectivity index (χ2v) is 13.9. The van der Waals surface area contributed by atoms with E-state index in [1.165, 1.54) is 11.3 Å². The standard InChI is InChI=1S/C38H36Cl2N4O5S/c39-28-13-8-23(9-14-28)19-32(42-35(45)31(41)22-30-6-3-17-50-30)36(46)43-33(21-25-7-12-26-4-1-2-5-27(26)18-25)37(47)44-34(38(48)49)20-24-10-15-29(40)16-11-24/h1-18,31-34H,19-22,41H2,(H,42,45)(H,43,46)(H,44,47)(H,48,49)/t31-,32+,33+,34+/m0/s1. The van der Waals surface area contributed by atoms with Crippen molar-refractivity contribution in [2.24, 2.45) is 5.73 Å². The molecule has 5 aromatic rings. The van der Waals surface area contributed by atoms with Crippen LogP contribution in [0.2, 0.25) is 10.0 Å². The number of fused-ring (bicyclic) bond motifs is 1. The van der Waals surface area contributed by atoms with E-state index in [1.54, 1.807) is 48.5 Å². The van der Waals surface area contributed by atoms with Gasteiger partial charge in [-0.2, -0.15) is 0 Å². The Kier molecular flexibility index (Phi) is 12.6. The van der Waals surface area contributed by atoms with Crippen LogP contribution in [0, 0.1) is 0 Å². The first-order chi connectivity index (χ1) is 24.0. The molecule has 1 heterocycles. The Morgan fingerprint density at radius 2 is 1.10 bits per heavy atom.